The van der Waals surface area contributed by atoms with Gasteiger partial charge in [-0.3, -0.25) is 14.6 Å². The van der Waals surface area contributed by atoms with Gasteiger partial charge < -0.3 is 15.0 Å². The van der Waals surface area contributed by atoms with Crippen molar-refractivity contribution in [1.82, 2.24) is 4.98 Å². The largest absolute Gasteiger partial charge is 0.497 e. The van der Waals surface area contributed by atoms with E-state index in [1.165, 1.54) is 12.3 Å². The fourth-order valence-corrected chi connectivity index (χ4v) is 3.26. The predicted octanol–water partition coefficient (Wildman–Crippen LogP) is 3.55. The zero-order chi connectivity index (χ0) is 19.5. The third kappa shape index (κ3) is 3.44. The highest BCUT2D eigenvalue weighted by atomic mass is 16.5. The van der Waals surface area contributed by atoms with Gasteiger partial charge in [0.25, 0.3) is 11.8 Å². The zero-order valence-electron chi connectivity index (χ0n) is 15.4. The van der Waals surface area contributed by atoms with Crippen LogP contribution in [0.4, 0.5) is 11.4 Å². The van der Waals surface area contributed by atoms with Gasteiger partial charge in [-0.05, 0) is 54.4 Å². The minimum atomic E-state index is -0.373. The number of fused-ring (bicyclic) bond motifs is 1. The summed E-state index contributed by atoms with van der Waals surface area (Å²) < 4.78 is 5.11. The second-order valence-corrected chi connectivity index (χ2v) is 6.45. The molecule has 0 atom stereocenters. The quantitative estimate of drug-likeness (QED) is 0.759. The summed E-state index contributed by atoms with van der Waals surface area (Å²) in [7, 11) is 1.58. The van der Waals surface area contributed by atoms with E-state index in [9.17, 15) is 9.59 Å². The molecule has 3 aromatic rings. The molecule has 0 spiro atoms. The van der Waals surface area contributed by atoms with Crippen LogP contribution in [0.25, 0.3) is 0 Å². The number of carbonyl (C=O) groups excluding carboxylic acids is 2. The zero-order valence-corrected chi connectivity index (χ0v) is 15.4. The van der Waals surface area contributed by atoms with E-state index in [1.807, 2.05) is 24.3 Å². The van der Waals surface area contributed by atoms with Gasteiger partial charge in [0.15, 0.2) is 0 Å². The van der Waals surface area contributed by atoms with E-state index in [4.69, 9.17) is 4.74 Å². The van der Waals surface area contributed by atoms with Crippen molar-refractivity contribution in [3.8, 4) is 5.75 Å². The van der Waals surface area contributed by atoms with Crippen molar-refractivity contribution in [3.05, 3.63) is 83.7 Å². The lowest BCUT2D eigenvalue weighted by Gasteiger charge is -2.17. The van der Waals surface area contributed by atoms with Crippen LogP contribution < -0.4 is 15.0 Å². The monoisotopic (exact) mass is 373 g/mol. The summed E-state index contributed by atoms with van der Waals surface area (Å²) in [4.78, 5) is 31.4. The fraction of sp³-hybridized carbons (Fsp3) is 0.136. The van der Waals surface area contributed by atoms with Crippen molar-refractivity contribution in [2.24, 2.45) is 0 Å². The Bertz CT molecular complexity index is 1030. The molecule has 140 valence electrons. The second kappa shape index (κ2) is 7.52. The number of hydrogen-bond donors (Lipinski definition) is 1. The van der Waals surface area contributed by atoms with Crippen LogP contribution in [0.3, 0.4) is 0 Å². The van der Waals surface area contributed by atoms with Gasteiger partial charge in [-0.2, -0.15) is 0 Å². The van der Waals surface area contributed by atoms with E-state index in [0.717, 1.165) is 17.7 Å². The van der Waals surface area contributed by atoms with Crippen LogP contribution >= 0.6 is 0 Å². The number of hydrogen-bond acceptors (Lipinski definition) is 4. The molecule has 0 unspecified atom stereocenters. The molecular formula is C22H19N3O3. The first-order chi connectivity index (χ1) is 13.7. The fourth-order valence-electron chi connectivity index (χ4n) is 3.26. The summed E-state index contributed by atoms with van der Waals surface area (Å²) >= 11 is 0. The lowest BCUT2D eigenvalue weighted by Crippen LogP contribution is -2.29. The van der Waals surface area contributed by atoms with Crippen molar-refractivity contribution in [3.63, 3.8) is 0 Å². The lowest BCUT2D eigenvalue weighted by atomic mass is 10.1. The Morgan fingerprint density at radius 3 is 2.64 bits per heavy atom. The summed E-state index contributed by atoms with van der Waals surface area (Å²) in [5.74, 6) is 0.196. The Kier molecular flexibility index (Phi) is 4.76. The molecule has 0 bridgehead atoms. The second-order valence-electron chi connectivity index (χ2n) is 6.45. The summed E-state index contributed by atoms with van der Waals surface area (Å²) in [6.45, 7) is 0.633. The van der Waals surface area contributed by atoms with E-state index in [2.05, 4.69) is 10.3 Å². The first kappa shape index (κ1) is 17.7. The van der Waals surface area contributed by atoms with E-state index in [1.54, 1.807) is 42.3 Å². The number of carbonyl (C=O) groups is 2. The maximum Gasteiger partial charge on any atom is 0.274 e. The lowest BCUT2D eigenvalue weighted by molar-refractivity contribution is 0.0989. The van der Waals surface area contributed by atoms with Gasteiger partial charge in [0.05, 0.1) is 7.11 Å². The molecule has 6 nitrogen and oxygen atoms in total. The Morgan fingerprint density at radius 1 is 1.07 bits per heavy atom. The summed E-state index contributed by atoms with van der Waals surface area (Å²) in [6.07, 6.45) is 2.32. The topological polar surface area (TPSA) is 71.5 Å². The maximum atomic E-state index is 13.0. The molecule has 1 aromatic heterocycles. The molecule has 6 heteroatoms. The van der Waals surface area contributed by atoms with Gasteiger partial charge in [0, 0.05) is 29.7 Å². The van der Waals surface area contributed by atoms with Crippen LogP contribution in [-0.4, -0.2) is 30.5 Å². The number of nitrogens with one attached hydrogen (secondary N) is 1. The third-order valence-electron chi connectivity index (χ3n) is 4.72. The number of anilines is 2. The van der Waals surface area contributed by atoms with Crippen LogP contribution in [0.5, 0.6) is 5.75 Å². The number of pyridine rings is 1. The summed E-state index contributed by atoms with van der Waals surface area (Å²) in [5.41, 5.74) is 3.33. The number of nitrogens with zero attached hydrogens (tertiary/aromatic N) is 2. The van der Waals surface area contributed by atoms with Gasteiger partial charge >= 0.3 is 0 Å². The molecule has 1 aliphatic rings. The average Bonchev–Trinajstić information content (AvgIpc) is 3.18. The predicted molar refractivity (Wildman–Crippen MR) is 107 cm³/mol. The number of aromatic nitrogens is 1. The highest BCUT2D eigenvalue weighted by molar-refractivity contribution is 6.09. The van der Waals surface area contributed by atoms with Crippen LogP contribution in [0.2, 0.25) is 0 Å². The van der Waals surface area contributed by atoms with Gasteiger partial charge in [-0.15, -0.1) is 0 Å². The molecule has 0 saturated carbocycles. The molecule has 2 aromatic carbocycles. The van der Waals surface area contributed by atoms with Crippen LogP contribution in [0.15, 0.2) is 66.9 Å². The van der Waals surface area contributed by atoms with E-state index in [0.29, 0.717) is 23.5 Å². The molecule has 28 heavy (non-hydrogen) atoms. The average molecular weight is 373 g/mol. The standard InChI is InChI=1S/C22H19N3O3/c1-28-18-8-6-17(7-9-18)24-21(26)19-14-16(10-12-23-19)22(27)25-13-11-15-4-2-3-5-20(15)25/h2-10,12,14H,11,13H2,1H3,(H,24,26). The van der Waals surface area contributed by atoms with Gasteiger partial charge in [0.1, 0.15) is 11.4 Å². The molecule has 0 saturated heterocycles. The normalized spacial score (nSPS) is 12.4. The van der Waals surface area contributed by atoms with Crippen molar-refractivity contribution in [2.45, 2.75) is 6.42 Å². The van der Waals surface area contributed by atoms with E-state index >= 15 is 0 Å². The third-order valence-corrected chi connectivity index (χ3v) is 4.72. The molecule has 1 N–H and O–H groups in total. The maximum absolute atomic E-state index is 13.0. The minimum absolute atomic E-state index is 0.133. The smallest absolute Gasteiger partial charge is 0.274 e. The number of benzene rings is 2. The number of methoxy groups -OCH3 is 1. The molecule has 0 aliphatic carbocycles. The molecule has 2 heterocycles. The minimum Gasteiger partial charge on any atom is -0.497 e. The van der Waals surface area contributed by atoms with Crippen LogP contribution in [0.1, 0.15) is 26.4 Å². The molecule has 0 fully saturated rings. The Labute approximate surface area is 162 Å². The highest BCUT2D eigenvalue weighted by Crippen LogP contribution is 2.28. The highest BCUT2D eigenvalue weighted by Gasteiger charge is 2.25. The van der Waals surface area contributed by atoms with Crippen LogP contribution in [0, 0.1) is 0 Å². The van der Waals surface area contributed by atoms with E-state index in [-0.39, 0.29) is 17.5 Å². The molecule has 0 radical (unpaired) electrons. The Hall–Kier alpha value is -3.67. The van der Waals surface area contributed by atoms with E-state index < -0.39 is 0 Å². The number of para-hydroxylation sites is 1. The first-order valence-electron chi connectivity index (χ1n) is 8.97. The Morgan fingerprint density at radius 2 is 1.86 bits per heavy atom. The molecular weight excluding hydrogens is 354 g/mol. The molecule has 2 amide bonds. The van der Waals surface area contributed by atoms with Gasteiger partial charge in [-0.1, -0.05) is 18.2 Å². The van der Waals surface area contributed by atoms with Crippen molar-refractivity contribution < 1.29 is 14.3 Å². The van der Waals surface area contributed by atoms with Crippen molar-refractivity contribution in [1.29, 1.82) is 0 Å². The first-order valence-corrected chi connectivity index (χ1v) is 8.97. The number of amides is 2. The molecule has 4 rings (SSSR count). The van der Waals surface area contributed by atoms with Gasteiger partial charge in [0.2, 0.25) is 0 Å². The number of rotatable bonds is 4. The van der Waals surface area contributed by atoms with Crippen LogP contribution in [-0.2, 0) is 6.42 Å². The van der Waals surface area contributed by atoms with Crippen molar-refractivity contribution in [2.75, 3.05) is 23.9 Å². The SMILES string of the molecule is COc1ccc(NC(=O)c2cc(C(=O)N3CCc4ccccc43)ccn2)cc1. The summed E-state index contributed by atoms with van der Waals surface area (Å²) in [5, 5.41) is 2.78. The number of ether oxygens (including phenoxy) is 1. The van der Waals surface area contributed by atoms with Crippen molar-refractivity contribution >= 4 is 23.2 Å². The molecule has 1 aliphatic heterocycles. The summed E-state index contributed by atoms with van der Waals surface area (Å²) in [6, 6.07) is 18.0. The Balaban J connectivity index is 1.52. The van der Waals surface area contributed by atoms with Gasteiger partial charge in [-0.25, -0.2) is 0 Å².